The zero-order chi connectivity index (χ0) is 17.2. The second-order valence-electron chi connectivity index (χ2n) is 8.12. The van der Waals surface area contributed by atoms with Gasteiger partial charge in [0.05, 0.1) is 5.41 Å². The minimum Gasteiger partial charge on any atom is -0.352 e. The van der Waals surface area contributed by atoms with E-state index in [1.165, 1.54) is 11.1 Å². The Morgan fingerprint density at radius 3 is 2.46 bits per heavy atom. The number of rotatable bonds is 4. The second kappa shape index (κ2) is 7.26. The lowest BCUT2D eigenvalue weighted by atomic mass is 9.77. The van der Waals surface area contributed by atoms with E-state index in [1.807, 2.05) is 0 Å². The fourth-order valence-corrected chi connectivity index (χ4v) is 4.35. The largest absolute Gasteiger partial charge is 0.352 e. The van der Waals surface area contributed by atoms with E-state index in [9.17, 15) is 4.79 Å². The van der Waals surface area contributed by atoms with E-state index in [-0.39, 0.29) is 11.3 Å². The van der Waals surface area contributed by atoms with Gasteiger partial charge in [0.2, 0.25) is 5.91 Å². The van der Waals surface area contributed by atoms with Crippen molar-refractivity contribution >= 4 is 5.91 Å². The van der Waals surface area contributed by atoms with E-state index >= 15 is 0 Å². The van der Waals surface area contributed by atoms with Crippen LogP contribution in [0.25, 0.3) is 0 Å². The number of carbonyl (C=O) groups is 1. The first-order valence-corrected chi connectivity index (χ1v) is 9.65. The maximum Gasteiger partial charge on any atom is 0.230 e. The summed E-state index contributed by atoms with van der Waals surface area (Å²) in [5, 5.41) is 6.82. The smallest absolute Gasteiger partial charge is 0.230 e. The van der Waals surface area contributed by atoms with Crippen LogP contribution in [-0.4, -0.2) is 25.0 Å². The summed E-state index contributed by atoms with van der Waals surface area (Å²) in [7, 11) is 0. The van der Waals surface area contributed by atoms with E-state index < -0.39 is 0 Å². The topological polar surface area (TPSA) is 41.1 Å². The van der Waals surface area contributed by atoms with E-state index in [0.29, 0.717) is 17.9 Å². The first-order valence-electron chi connectivity index (χ1n) is 9.65. The Morgan fingerprint density at radius 1 is 1.21 bits per heavy atom. The van der Waals surface area contributed by atoms with E-state index in [1.54, 1.807) is 0 Å². The molecule has 1 heterocycles. The van der Waals surface area contributed by atoms with Gasteiger partial charge in [0.1, 0.15) is 0 Å². The second-order valence-corrected chi connectivity index (χ2v) is 8.12. The first kappa shape index (κ1) is 17.5. The fourth-order valence-electron chi connectivity index (χ4n) is 4.35. The predicted molar refractivity (Wildman–Crippen MR) is 99.3 cm³/mol. The lowest BCUT2D eigenvalue weighted by Gasteiger charge is -2.35. The van der Waals surface area contributed by atoms with Gasteiger partial charge in [-0.3, -0.25) is 4.79 Å². The molecule has 3 heteroatoms. The maximum atomic E-state index is 13.3. The van der Waals surface area contributed by atoms with Crippen molar-refractivity contribution in [2.75, 3.05) is 13.1 Å². The summed E-state index contributed by atoms with van der Waals surface area (Å²) < 4.78 is 0. The van der Waals surface area contributed by atoms with Crippen molar-refractivity contribution in [3.05, 3.63) is 35.4 Å². The molecular weight excluding hydrogens is 296 g/mol. The van der Waals surface area contributed by atoms with Gasteiger partial charge in [-0.2, -0.15) is 0 Å². The highest BCUT2D eigenvalue weighted by Gasteiger charge is 2.43. The predicted octanol–water partition coefficient (Wildman–Crippen LogP) is 3.74. The van der Waals surface area contributed by atoms with Crippen LogP contribution in [0.3, 0.4) is 0 Å². The number of nitrogens with one attached hydrogen (secondary N) is 2. The highest BCUT2D eigenvalue weighted by molar-refractivity contribution is 5.88. The molecule has 1 aromatic rings. The van der Waals surface area contributed by atoms with Gasteiger partial charge in [0, 0.05) is 6.04 Å². The maximum absolute atomic E-state index is 13.3. The molecule has 2 unspecified atom stereocenters. The molecule has 24 heavy (non-hydrogen) atoms. The van der Waals surface area contributed by atoms with Crippen LogP contribution in [0, 0.1) is 5.92 Å². The van der Waals surface area contributed by atoms with Gasteiger partial charge < -0.3 is 10.6 Å². The zero-order valence-electron chi connectivity index (χ0n) is 15.4. The third-order valence-electron chi connectivity index (χ3n) is 6.12. The SMILES string of the molecule is CC(C)c1ccc(C2(C(=O)NC3CCNCC3C)CCCC2)cc1. The summed E-state index contributed by atoms with van der Waals surface area (Å²) in [6.45, 7) is 8.67. The van der Waals surface area contributed by atoms with Crippen LogP contribution in [0.4, 0.5) is 0 Å². The number of hydrogen-bond donors (Lipinski definition) is 2. The number of amides is 1. The Bertz CT molecular complexity index is 558. The number of benzene rings is 1. The lowest BCUT2D eigenvalue weighted by Crippen LogP contribution is -2.53. The highest BCUT2D eigenvalue weighted by atomic mass is 16.2. The van der Waals surface area contributed by atoms with Crippen LogP contribution in [0.5, 0.6) is 0 Å². The molecule has 1 aliphatic heterocycles. The molecule has 0 aromatic heterocycles. The third-order valence-corrected chi connectivity index (χ3v) is 6.12. The standard InChI is InChI=1S/C21H32N2O/c1-15(2)17-6-8-18(9-7-17)21(11-4-5-12-21)20(24)23-19-10-13-22-14-16(19)3/h6-9,15-16,19,22H,4-5,10-14H2,1-3H3,(H,23,24). The lowest BCUT2D eigenvalue weighted by molar-refractivity contribution is -0.127. The van der Waals surface area contributed by atoms with E-state index in [4.69, 9.17) is 0 Å². The van der Waals surface area contributed by atoms with E-state index in [2.05, 4.69) is 55.7 Å². The number of hydrogen-bond acceptors (Lipinski definition) is 2. The first-order chi connectivity index (χ1) is 11.5. The molecule has 2 fully saturated rings. The minimum absolute atomic E-state index is 0.260. The fraction of sp³-hybridized carbons (Fsp3) is 0.667. The molecule has 2 N–H and O–H groups in total. The molecule has 1 aromatic carbocycles. The summed E-state index contributed by atoms with van der Waals surface area (Å²) in [6.07, 6.45) is 5.32. The zero-order valence-corrected chi connectivity index (χ0v) is 15.4. The molecule has 1 amide bonds. The van der Waals surface area contributed by atoms with E-state index in [0.717, 1.165) is 45.2 Å². The monoisotopic (exact) mass is 328 g/mol. The molecule has 0 radical (unpaired) electrons. The average molecular weight is 329 g/mol. The van der Waals surface area contributed by atoms with Gasteiger partial charge in [-0.15, -0.1) is 0 Å². The quantitative estimate of drug-likeness (QED) is 0.884. The Balaban J connectivity index is 1.81. The van der Waals surface area contributed by atoms with Crippen molar-refractivity contribution in [1.29, 1.82) is 0 Å². The summed E-state index contributed by atoms with van der Waals surface area (Å²) in [5.41, 5.74) is 2.25. The highest BCUT2D eigenvalue weighted by Crippen LogP contribution is 2.42. The van der Waals surface area contributed by atoms with Crippen LogP contribution < -0.4 is 10.6 Å². The normalized spacial score (nSPS) is 26.5. The Morgan fingerprint density at radius 2 is 1.88 bits per heavy atom. The van der Waals surface area contributed by atoms with Crippen molar-refractivity contribution in [2.45, 2.75) is 70.3 Å². The van der Waals surface area contributed by atoms with Crippen molar-refractivity contribution in [3.63, 3.8) is 0 Å². The molecule has 2 atom stereocenters. The van der Waals surface area contributed by atoms with Crippen LogP contribution in [0.15, 0.2) is 24.3 Å². The number of carbonyl (C=O) groups excluding carboxylic acids is 1. The third kappa shape index (κ3) is 3.37. The van der Waals surface area contributed by atoms with Gasteiger partial charge in [-0.25, -0.2) is 0 Å². The van der Waals surface area contributed by atoms with Crippen LogP contribution in [-0.2, 0) is 10.2 Å². The summed E-state index contributed by atoms with van der Waals surface area (Å²) >= 11 is 0. The minimum atomic E-state index is -0.305. The van der Waals surface area contributed by atoms with Crippen molar-refractivity contribution in [2.24, 2.45) is 5.92 Å². The molecular formula is C21H32N2O. The molecule has 0 bridgehead atoms. The van der Waals surface area contributed by atoms with Crippen molar-refractivity contribution in [1.82, 2.24) is 10.6 Å². The molecule has 3 rings (SSSR count). The van der Waals surface area contributed by atoms with Crippen LogP contribution >= 0.6 is 0 Å². The van der Waals surface area contributed by atoms with Gasteiger partial charge in [-0.1, -0.05) is 57.9 Å². The molecule has 1 saturated carbocycles. The van der Waals surface area contributed by atoms with Crippen molar-refractivity contribution in [3.8, 4) is 0 Å². The molecule has 3 nitrogen and oxygen atoms in total. The van der Waals surface area contributed by atoms with Gasteiger partial charge in [0.15, 0.2) is 0 Å². The average Bonchev–Trinajstić information content (AvgIpc) is 3.08. The Labute approximate surface area is 146 Å². The van der Waals surface area contributed by atoms with Gasteiger partial charge in [-0.05, 0) is 55.3 Å². The number of piperidine rings is 1. The molecule has 132 valence electrons. The Hall–Kier alpha value is -1.35. The molecule has 2 aliphatic rings. The molecule has 1 saturated heterocycles. The summed E-state index contributed by atoms with van der Waals surface area (Å²) in [4.78, 5) is 13.3. The molecule has 0 spiro atoms. The Kier molecular flexibility index (Phi) is 5.29. The molecule has 1 aliphatic carbocycles. The summed E-state index contributed by atoms with van der Waals surface area (Å²) in [6, 6.07) is 9.13. The van der Waals surface area contributed by atoms with Gasteiger partial charge in [0.25, 0.3) is 0 Å². The summed E-state index contributed by atoms with van der Waals surface area (Å²) in [5.74, 6) is 1.29. The van der Waals surface area contributed by atoms with Crippen LogP contribution in [0.2, 0.25) is 0 Å². The van der Waals surface area contributed by atoms with Gasteiger partial charge >= 0.3 is 0 Å². The van der Waals surface area contributed by atoms with Crippen LogP contribution in [0.1, 0.15) is 69.9 Å². The van der Waals surface area contributed by atoms with Crippen molar-refractivity contribution < 1.29 is 4.79 Å².